The third-order valence-electron chi connectivity index (χ3n) is 3.78. The summed E-state index contributed by atoms with van der Waals surface area (Å²) in [4.78, 5) is 0. The molecule has 0 bridgehead atoms. The quantitative estimate of drug-likeness (QED) is 0.810. The molecule has 0 saturated heterocycles. The normalized spacial score (nSPS) is 17.6. The fraction of sp³-hybridized carbons (Fsp3) is 0.600. The number of phenols is 1. The largest absolute Gasteiger partial charge is 0.508 e. The Labute approximate surface area is 98.5 Å². The van der Waals surface area contributed by atoms with E-state index in [1.165, 1.54) is 37.7 Å². The second-order valence-electron chi connectivity index (χ2n) is 5.02. The van der Waals surface area contributed by atoms with Gasteiger partial charge >= 0.3 is 0 Å². The molecule has 0 aliphatic heterocycles. The monoisotopic (exact) mass is 218 g/mol. The molecule has 0 radical (unpaired) electrons. The molecule has 0 atom stereocenters. The minimum atomic E-state index is 0.482. The van der Waals surface area contributed by atoms with Crippen LogP contribution in [0, 0.1) is 5.92 Å². The van der Waals surface area contributed by atoms with Crippen molar-refractivity contribution >= 4 is 0 Å². The minimum Gasteiger partial charge on any atom is -0.508 e. The van der Waals surface area contributed by atoms with Crippen molar-refractivity contribution in [1.29, 1.82) is 0 Å². The average molecular weight is 218 g/mol. The van der Waals surface area contributed by atoms with Crippen molar-refractivity contribution in [3.63, 3.8) is 0 Å². The fourth-order valence-electron chi connectivity index (χ4n) is 2.76. The van der Waals surface area contributed by atoms with Crippen molar-refractivity contribution < 1.29 is 5.11 Å². The van der Waals surface area contributed by atoms with Crippen LogP contribution in [0.3, 0.4) is 0 Å². The van der Waals surface area contributed by atoms with Crippen LogP contribution in [0.4, 0.5) is 0 Å². The smallest absolute Gasteiger partial charge is 0.119 e. The van der Waals surface area contributed by atoms with E-state index in [0.717, 1.165) is 24.3 Å². The number of phenolic OH excluding ortho intramolecular Hbond substituents is 1. The maximum absolute atomic E-state index is 9.82. The maximum Gasteiger partial charge on any atom is 0.119 e. The summed E-state index contributed by atoms with van der Waals surface area (Å²) in [7, 11) is 0. The van der Waals surface area contributed by atoms with Gasteiger partial charge in [0, 0.05) is 0 Å². The highest BCUT2D eigenvalue weighted by atomic mass is 16.3. The molecule has 16 heavy (non-hydrogen) atoms. The standard InChI is InChI=1S/C15H22O/c1-2-14-9-8-13(11-15(14)16)10-12-6-4-3-5-7-12/h8-9,11-12,16H,2-7,10H2,1H3. The Hall–Kier alpha value is -0.980. The Balaban J connectivity index is 2.01. The van der Waals surface area contributed by atoms with Crippen molar-refractivity contribution in [3.05, 3.63) is 29.3 Å². The van der Waals surface area contributed by atoms with E-state index in [2.05, 4.69) is 19.1 Å². The van der Waals surface area contributed by atoms with Gasteiger partial charge in [0.15, 0.2) is 0 Å². The van der Waals surface area contributed by atoms with Gasteiger partial charge in [-0.2, -0.15) is 0 Å². The Kier molecular flexibility index (Phi) is 3.87. The van der Waals surface area contributed by atoms with Crippen LogP contribution < -0.4 is 0 Å². The summed E-state index contributed by atoms with van der Waals surface area (Å²) in [6.07, 6.45) is 9.00. The van der Waals surface area contributed by atoms with E-state index in [0.29, 0.717) is 5.75 Å². The molecule has 0 heterocycles. The minimum absolute atomic E-state index is 0.482. The molecule has 0 unspecified atom stereocenters. The van der Waals surface area contributed by atoms with Crippen LogP contribution in [0.25, 0.3) is 0 Å². The SMILES string of the molecule is CCc1ccc(CC2CCCCC2)cc1O. The molecule has 1 N–H and O–H groups in total. The van der Waals surface area contributed by atoms with Gasteiger partial charge in [0.25, 0.3) is 0 Å². The van der Waals surface area contributed by atoms with Crippen molar-refractivity contribution in [3.8, 4) is 5.75 Å². The van der Waals surface area contributed by atoms with Gasteiger partial charge in [-0.05, 0) is 36.0 Å². The van der Waals surface area contributed by atoms with E-state index < -0.39 is 0 Å². The molecule has 0 aromatic heterocycles. The van der Waals surface area contributed by atoms with Gasteiger partial charge in [-0.3, -0.25) is 0 Å². The predicted molar refractivity (Wildman–Crippen MR) is 67.8 cm³/mol. The summed E-state index contributed by atoms with van der Waals surface area (Å²) in [5.74, 6) is 1.33. The molecule has 1 nitrogen and oxygen atoms in total. The topological polar surface area (TPSA) is 20.2 Å². The van der Waals surface area contributed by atoms with Crippen LogP contribution in [-0.2, 0) is 12.8 Å². The molecule has 1 aliphatic carbocycles. The summed E-state index contributed by atoms with van der Waals surface area (Å²) >= 11 is 0. The highest BCUT2D eigenvalue weighted by Gasteiger charge is 2.14. The van der Waals surface area contributed by atoms with E-state index >= 15 is 0 Å². The Morgan fingerprint density at radius 1 is 1.19 bits per heavy atom. The van der Waals surface area contributed by atoms with Gasteiger partial charge in [0.05, 0.1) is 0 Å². The zero-order valence-electron chi connectivity index (χ0n) is 10.2. The summed E-state index contributed by atoms with van der Waals surface area (Å²) in [6, 6.07) is 6.23. The van der Waals surface area contributed by atoms with Crippen LogP contribution in [0.1, 0.15) is 50.2 Å². The first-order valence-electron chi connectivity index (χ1n) is 6.60. The van der Waals surface area contributed by atoms with Crippen molar-refractivity contribution in [1.82, 2.24) is 0 Å². The van der Waals surface area contributed by atoms with E-state index in [1.807, 2.05) is 6.07 Å². The number of benzene rings is 1. The highest BCUT2D eigenvalue weighted by molar-refractivity contribution is 5.36. The van der Waals surface area contributed by atoms with Crippen LogP contribution in [0.15, 0.2) is 18.2 Å². The predicted octanol–water partition coefficient (Wildman–Crippen LogP) is 4.08. The molecule has 1 aliphatic rings. The second-order valence-corrected chi connectivity index (χ2v) is 5.02. The van der Waals surface area contributed by atoms with Crippen molar-refractivity contribution in [2.24, 2.45) is 5.92 Å². The van der Waals surface area contributed by atoms with Gasteiger partial charge in [-0.25, -0.2) is 0 Å². The molecular formula is C15H22O. The molecular weight excluding hydrogens is 196 g/mol. The third kappa shape index (κ3) is 2.78. The molecule has 1 aromatic rings. The van der Waals surface area contributed by atoms with Gasteiger partial charge < -0.3 is 5.11 Å². The number of aromatic hydroxyl groups is 1. The van der Waals surface area contributed by atoms with Gasteiger partial charge in [-0.15, -0.1) is 0 Å². The average Bonchev–Trinajstić information content (AvgIpc) is 2.31. The van der Waals surface area contributed by atoms with Crippen molar-refractivity contribution in [2.45, 2.75) is 51.9 Å². The highest BCUT2D eigenvalue weighted by Crippen LogP contribution is 2.28. The van der Waals surface area contributed by atoms with E-state index in [4.69, 9.17) is 0 Å². The summed E-state index contributed by atoms with van der Waals surface area (Å²) < 4.78 is 0. The lowest BCUT2D eigenvalue weighted by Crippen LogP contribution is -2.09. The first kappa shape index (κ1) is 11.5. The molecule has 1 heteroatoms. The summed E-state index contributed by atoms with van der Waals surface area (Å²) in [6.45, 7) is 2.08. The lowest BCUT2D eigenvalue weighted by Gasteiger charge is -2.21. The zero-order valence-corrected chi connectivity index (χ0v) is 10.2. The number of hydrogen-bond donors (Lipinski definition) is 1. The van der Waals surface area contributed by atoms with Crippen LogP contribution in [-0.4, -0.2) is 5.11 Å². The first-order valence-corrected chi connectivity index (χ1v) is 6.60. The van der Waals surface area contributed by atoms with E-state index in [9.17, 15) is 5.11 Å². The summed E-state index contributed by atoms with van der Waals surface area (Å²) in [5.41, 5.74) is 2.37. The molecule has 0 spiro atoms. The molecule has 1 fully saturated rings. The van der Waals surface area contributed by atoms with Gasteiger partial charge in [0.2, 0.25) is 0 Å². The number of hydrogen-bond acceptors (Lipinski definition) is 1. The third-order valence-corrected chi connectivity index (χ3v) is 3.78. The first-order chi connectivity index (χ1) is 7.79. The Morgan fingerprint density at radius 3 is 2.56 bits per heavy atom. The van der Waals surface area contributed by atoms with Gasteiger partial charge in [0.1, 0.15) is 5.75 Å². The lowest BCUT2D eigenvalue weighted by molar-refractivity contribution is 0.356. The van der Waals surface area contributed by atoms with Crippen LogP contribution >= 0.6 is 0 Å². The lowest BCUT2D eigenvalue weighted by atomic mass is 9.84. The Morgan fingerprint density at radius 2 is 1.94 bits per heavy atom. The number of aryl methyl sites for hydroxylation is 1. The second kappa shape index (κ2) is 5.38. The Bertz CT molecular complexity index is 337. The van der Waals surface area contributed by atoms with Crippen LogP contribution in [0.2, 0.25) is 0 Å². The molecule has 0 amide bonds. The molecule has 1 aromatic carbocycles. The van der Waals surface area contributed by atoms with Crippen LogP contribution in [0.5, 0.6) is 5.75 Å². The number of rotatable bonds is 3. The maximum atomic E-state index is 9.82. The molecule has 88 valence electrons. The van der Waals surface area contributed by atoms with E-state index in [1.54, 1.807) is 0 Å². The van der Waals surface area contributed by atoms with Crippen molar-refractivity contribution in [2.75, 3.05) is 0 Å². The van der Waals surface area contributed by atoms with Gasteiger partial charge in [-0.1, -0.05) is 51.2 Å². The molecule has 1 saturated carbocycles. The fourth-order valence-corrected chi connectivity index (χ4v) is 2.76. The zero-order chi connectivity index (χ0) is 11.4. The van der Waals surface area contributed by atoms with E-state index in [-0.39, 0.29) is 0 Å². The summed E-state index contributed by atoms with van der Waals surface area (Å²) in [5, 5.41) is 9.82. The molecule has 2 rings (SSSR count).